The third-order valence-corrected chi connectivity index (χ3v) is 6.15. The Bertz CT molecular complexity index is 1440. The molecule has 0 saturated heterocycles. The van der Waals surface area contributed by atoms with E-state index in [1.807, 2.05) is 0 Å². The van der Waals surface area contributed by atoms with Crippen molar-refractivity contribution in [3.63, 3.8) is 0 Å². The summed E-state index contributed by atoms with van der Waals surface area (Å²) in [5.74, 6) is -0.473. The number of carbonyl (C=O) groups is 1. The summed E-state index contributed by atoms with van der Waals surface area (Å²) in [6.07, 6.45) is 1.72. The maximum absolute atomic E-state index is 12.9. The van der Waals surface area contributed by atoms with Gasteiger partial charge in [0.2, 0.25) is 0 Å². The SMILES string of the molecule is CN/C=C1\C(=N)CCC[C@@H]1Nc1ncnc(N)c1C(=N)c1ccc(C(=O)Nc2cc(C(F)(F)F)ccn2)cc1. The molecule has 1 aromatic carbocycles. The second-order valence-corrected chi connectivity index (χ2v) is 8.77. The summed E-state index contributed by atoms with van der Waals surface area (Å²) < 4.78 is 38.8. The van der Waals surface area contributed by atoms with Gasteiger partial charge >= 0.3 is 6.18 Å². The number of nitrogens with one attached hydrogen (secondary N) is 5. The van der Waals surface area contributed by atoms with Crippen LogP contribution >= 0.6 is 0 Å². The van der Waals surface area contributed by atoms with E-state index in [1.54, 1.807) is 13.2 Å². The van der Waals surface area contributed by atoms with Crippen molar-refractivity contribution < 1.29 is 18.0 Å². The zero-order valence-electron chi connectivity index (χ0n) is 20.9. The highest BCUT2D eigenvalue weighted by atomic mass is 19.4. The molecule has 0 radical (unpaired) electrons. The minimum Gasteiger partial charge on any atom is -0.394 e. The predicted molar refractivity (Wildman–Crippen MR) is 142 cm³/mol. The predicted octanol–water partition coefficient (Wildman–Crippen LogP) is 4.23. The summed E-state index contributed by atoms with van der Waals surface area (Å²) in [6, 6.07) is 7.28. The van der Waals surface area contributed by atoms with Crippen LogP contribution in [0.5, 0.6) is 0 Å². The molecule has 1 atom stereocenters. The van der Waals surface area contributed by atoms with Crippen molar-refractivity contribution in [3.8, 4) is 0 Å². The number of carbonyl (C=O) groups excluding carboxylic acids is 1. The van der Waals surface area contributed by atoms with E-state index in [2.05, 4.69) is 30.9 Å². The van der Waals surface area contributed by atoms with Crippen molar-refractivity contribution >= 4 is 34.8 Å². The smallest absolute Gasteiger partial charge is 0.394 e. The first-order valence-corrected chi connectivity index (χ1v) is 11.9. The van der Waals surface area contributed by atoms with E-state index in [0.29, 0.717) is 23.5 Å². The third-order valence-electron chi connectivity index (χ3n) is 6.15. The number of amides is 1. The average molecular weight is 538 g/mol. The lowest BCUT2D eigenvalue weighted by Crippen LogP contribution is -2.32. The highest BCUT2D eigenvalue weighted by Crippen LogP contribution is 2.30. The Morgan fingerprint density at radius 3 is 2.54 bits per heavy atom. The van der Waals surface area contributed by atoms with E-state index in [4.69, 9.17) is 16.6 Å². The van der Waals surface area contributed by atoms with Gasteiger partial charge in [0.05, 0.1) is 22.9 Å². The molecule has 13 heteroatoms. The highest BCUT2D eigenvalue weighted by molar-refractivity contribution is 6.16. The number of alkyl halides is 3. The van der Waals surface area contributed by atoms with Crippen LogP contribution in [0.15, 0.2) is 60.7 Å². The number of aromatic nitrogens is 3. The molecule has 0 bridgehead atoms. The maximum atomic E-state index is 12.9. The molecule has 1 saturated carbocycles. The Morgan fingerprint density at radius 2 is 1.85 bits per heavy atom. The van der Waals surface area contributed by atoms with Crippen molar-refractivity contribution in [1.82, 2.24) is 20.3 Å². The number of anilines is 3. The molecule has 0 aliphatic heterocycles. The van der Waals surface area contributed by atoms with Crippen LogP contribution in [0.1, 0.15) is 46.3 Å². The van der Waals surface area contributed by atoms with Crippen molar-refractivity contribution in [2.75, 3.05) is 23.4 Å². The lowest BCUT2D eigenvalue weighted by molar-refractivity contribution is -0.137. The number of pyridine rings is 1. The molecule has 2 aromatic heterocycles. The maximum Gasteiger partial charge on any atom is 0.416 e. The summed E-state index contributed by atoms with van der Waals surface area (Å²) >= 11 is 0. The number of nitrogens with two attached hydrogens (primary N) is 1. The third kappa shape index (κ3) is 6.20. The van der Waals surface area contributed by atoms with Gasteiger partial charge in [0.15, 0.2) is 0 Å². The summed E-state index contributed by atoms with van der Waals surface area (Å²) in [7, 11) is 1.76. The Balaban J connectivity index is 1.54. The lowest BCUT2D eigenvalue weighted by atomic mass is 9.88. The van der Waals surface area contributed by atoms with Gasteiger partial charge < -0.3 is 27.1 Å². The molecule has 3 aromatic rings. The molecule has 2 heterocycles. The van der Waals surface area contributed by atoms with Gasteiger partial charge in [-0.1, -0.05) is 12.1 Å². The first-order valence-electron chi connectivity index (χ1n) is 11.9. The van der Waals surface area contributed by atoms with Crippen LogP contribution in [0.25, 0.3) is 0 Å². The van der Waals surface area contributed by atoms with Crippen molar-refractivity contribution in [1.29, 1.82) is 10.8 Å². The Labute approximate surface area is 222 Å². The quantitative estimate of drug-likeness (QED) is 0.245. The first kappa shape index (κ1) is 27.2. The van der Waals surface area contributed by atoms with Gasteiger partial charge in [0.25, 0.3) is 5.91 Å². The molecule has 1 aliphatic carbocycles. The highest BCUT2D eigenvalue weighted by Gasteiger charge is 2.31. The van der Waals surface area contributed by atoms with Crippen molar-refractivity contribution in [3.05, 3.63) is 82.9 Å². The monoisotopic (exact) mass is 537 g/mol. The van der Waals surface area contributed by atoms with Gasteiger partial charge in [-0.3, -0.25) is 10.2 Å². The van der Waals surface area contributed by atoms with E-state index in [9.17, 15) is 18.0 Å². The number of benzene rings is 1. The van der Waals surface area contributed by atoms with Crippen molar-refractivity contribution in [2.24, 2.45) is 0 Å². The fourth-order valence-electron chi connectivity index (χ4n) is 4.20. The van der Waals surface area contributed by atoms with Gasteiger partial charge in [0, 0.05) is 41.9 Å². The minimum absolute atomic E-state index is 0.00661. The molecule has 1 aliphatic rings. The lowest BCUT2D eigenvalue weighted by Gasteiger charge is -2.28. The topological polar surface area (TPSA) is 166 Å². The van der Waals surface area contributed by atoms with Crippen LogP contribution < -0.4 is 21.7 Å². The van der Waals surface area contributed by atoms with Crippen LogP contribution in [0.4, 0.5) is 30.6 Å². The number of rotatable bonds is 7. The van der Waals surface area contributed by atoms with Gasteiger partial charge in [0.1, 0.15) is 23.8 Å². The van der Waals surface area contributed by atoms with Crippen LogP contribution in [0.2, 0.25) is 0 Å². The Kier molecular flexibility index (Phi) is 7.88. The van der Waals surface area contributed by atoms with Crippen molar-refractivity contribution in [2.45, 2.75) is 31.5 Å². The molecule has 1 amide bonds. The number of nitrogens with zero attached hydrogens (tertiary/aromatic N) is 3. The summed E-state index contributed by atoms with van der Waals surface area (Å²) in [4.78, 5) is 24.7. The molecule has 0 spiro atoms. The van der Waals surface area contributed by atoms with Gasteiger partial charge in [-0.25, -0.2) is 15.0 Å². The van der Waals surface area contributed by atoms with Crippen LogP contribution in [-0.4, -0.2) is 45.4 Å². The fraction of sp³-hybridized carbons (Fsp3) is 0.231. The molecule has 1 fully saturated rings. The first-order chi connectivity index (χ1) is 18.6. The van der Waals surface area contributed by atoms with Crippen LogP contribution in [0, 0.1) is 10.8 Å². The van der Waals surface area contributed by atoms with Gasteiger partial charge in [-0.05, 0) is 43.5 Å². The molecule has 7 N–H and O–H groups in total. The van der Waals surface area contributed by atoms with Gasteiger partial charge in [-0.2, -0.15) is 13.2 Å². The molecule has 4 rings (SSSR count). The van der Waals surface area contributed by atoms with E-state index < -0.39 is 17.6 Å². The van der Waals surface area contributed by atoms with E-state index >= 15 is 0 Å². The number of hydrogen-bond acceptors (Lipinski definition) is 9. The molecule has 10 nitrogen and oxygen atoms in total. The summed E-state index contributed by atoms with van der Waals surface area (Å²) in [6.45, 7) is 0. The molecular formula is C26H26F3N9O. The average Bonchev–Trinajstić information content (AvgIpc) is 2.90. The summed E-state index contributed by atoms with van der Waals surface area (Å²) in [5.41, 5.74) is 7.36. The zero-order chi connectivity index (χ0) is 28.2. The zero-order valence-corrected chi connectivity index (χ0v) is 20.9. The fourth-order valence-corrected chi connectivity index (χ4v) is 4.20. The number of hydrogen-bond donors (Lipinski definition) is 6. The summed E-state index contributed by atoms with van der Waals surface area (Å²) in [5, 5.41) is 25.7. The standard InChI is InChI=1S/C26H26F3N9O/c1-33-12-17-18(30)3-2-4-19(17)37-24-21(23(32)35-13-36-24)22(31)14-5-7-15(8-6-14)25(39)38-20-11-16(9-10-34-20)26(27,28)29/h5-13,19,30-31,33H,2-4H2,1H3,(H,34,38,39)(H3,32,35,36,37)/b17-12+,30-18?,31-22?/t19-/m0/s1. The minimum atomic E-state index is -4.56. The largest absolute Gasteiger partial charge is 0.416 e. The van der Waals surface area contributed by atoms with E-state index in [-0.39, 0.29) is 34.5 Å². The van der Waals surface area contributed by atoms with E-state index in [0.717, 1.165) is 36.7 Å². The Hall–Kier alpha value is -4.81. The molecule has 0 unspecified atom stereocenters. The Morgan fingerprint density at radius 1 is 1.13 bits per heavy atom. The second kappa shape index (κ2) is 11.3. The van der Waals surface area contributed by atoms with Crippen LogP contribution in [-0.2, 0) is 6.18 Å². The second-order valence-electron chi connectivity index (χ2n) is 8.77. The number of nitrogen functional groups attached to an aromatic ring is 1. The van der Waals surface area contributed by atoms with E-state index in [1.165, 1.54) is 30.6 Å². The molecular weight excluding hydrogens is 511 g/mol. The van der Waals surface area contributed by atoms with Gasteiger partial charge in [-0.15, -0.1) is 0 Å². The van der Waals surface area contributed by atoms with Crippen LogP contribution in [0.3, 0.4) is 0 Å². The molecule has 39 heavy (non-hydrogen) atoms. The number of halogens is 3. The molecule has 202 valence electrons. The normalized spacial score (nSPS) is 16.6.